The van der Waals surface area contributed by atoms with Gasteiger partial charge in [-0.25, -0.2) is 0 Å². The Morgan fingerprint density at radius 3 is 2.24 bits per heavy atom. The first-order valence-electron chi connectivity index (χ1n) is 7.25. The van der Waals surface area contributed by atoms with Gasteiger partial charge >= 0.3 is 11.8 Å². The number of carbonyl (C=O) groups excluding carboxylic acids is 3. The van der Waals surface area contributed by atoms with Crippen molar-refractivity contribution in [1.82, 2.24) is 5.32 Å². The van der Waals surface area contributed by atoms with Crippen LogP contribution in [0.2, 0.25) is 10.0 Å². The van der Waals surface area contributed by atoms with Crippen LogP contribution in [-0.4, -0.2) is 17.7 Å². The van der Waals surface area contributed by atoms with E-state index >= 15 is 0 Å². The first kappa shape index (κ1) is 18.8. The molecule has 0 fully saturated rings. The molecule has 0 radical (unpaired) electrons. The number of halogens is 2. The zero-order valence-electron chi connectivity index (χ0n) is 13.0. The molecule has 25 heavy (non-hydrogen) atoms. The van der Waals surface area contributed by atoms with Gasteiger partial charge in [0.2, 0.25) is 5.91 Å². The molecule has 6 nitrogen and oxygen atoms in total. The summed E-state index contributed by atoms with van der Waals surface area (Å²) in [6, 6.07) is 11.3. The fourth-order valence-electron chi connectivity index (χ4n) is 2.02. The lowest BCUT2D eigenvalue weighted by atomic mass is 10.1. The van der Waals surface area contributed by atoms with Crippen LogP contribution in [0, 0.1) is 0 Å². The molecule has 0 unspecified atom stereocenters. The minimum absolute atomic E-state index is 0.0970. The Morgan fingerprint density at radius 2 is 1.64 bits per heavy atom. The smallest absolute Gasteiger partial charge is 0.313 e. The molecule has 2 rings (SSSR count). The van der Waals surface area contributed by atoms with E-state index in [-0.39, 0.29) is 13.0 Å². The number of benzene rings is 2. The summed E-state index contributed by atoms with van der Waals surface area (Å²) in [5.41, 5.74) is 6.89. The van der Waals surface area contributed by atoms with Gasteiger partial charge < -0.3 is 16.4 Å². The molecule has 0 saturated heterocycles. The molecule has 0 bridgehead atoms. The van der Waals surface area contributed by atoms with Gasteiger partial charge in [-0.15, -0.1) is 0 Å². The predicted molar refractivity (Wildman–Crippen MR) is 96.3 cm³/mol. The van der Waals surface area contributed by atoms with Crippen LogP contribution in [0.3, 0.4) is 0 Å². The number of nitrogens with one attached hydrogen (secondary N) is 2. The molecule has 0 aromatic heterocycles. The minimum atomic E-state index is -0.812. The Balaban J connectivity index is 1.89. The molecule has 2 aromatic rings. The van der Waals surface area contributed by atoms with Crippen LogP contribution in [0.25, 0.3) is 0 Å². The normalized spacial score (nSPS) is 10.2. The van der Waals surface area contributed by atoms with Crippen molar-refractivity contribution in [1.29, 1.82) is 0 Å². The molecule has 0 aliphatic rings. The number of anilines is 1. The van der Waals surface area contributed by atoms with Crippen LogP contribution < -0.4 is 16.4 Å². The van der Waals surface area contributed by atoms with Gasteiger partial charge in [0.1, 0.15) is 0 Å². The summed E-state index contributed by atoms with van der Waals surface area (Å²) in [6.07, 6.45) is 0.108. The molecular formula is C17H15Cl2N3O3. The first-order chi connectivity index (χ1) is 11.8. The number of hydrogen-bond acceptors (Lipinski definition) is 3. The Kier molecular flexibility index (Phi) is 6.38. The molecule has 0 saturated carbocycles. The van der Waals surface area contributed by atoms with Gasteiger partial charge in [-0.05, 0) is 35.4 Å². The average Bonchev–Trinajstić information content (AvgIpc) is 2.55. The molecule has 130 valence electrons. The highest BCUT2D eigenvalue weighted by atomic mass is 35.5. The molecule has 8 heteroatoms. The van der Waals surface area contributed by atoms with Crippen molar-refractivity contribution in [3.8, 4) is 0 Å². The van der Waals surface area contributed by atoms with Crippen molar-refractivity contribution < 1.29 is 14.4 Å². The van der Waals surface area contributed by atoms with Crippen LogP contribution in [-0.2, 0) is 27.3 Å². The maximum absolute atomic E-state index is 11.9. The Bertz CT molecular complexity index is 807. The number of primary amides is 1. The van der Waals surface area contributed by atoms with E-state index in [1.165, 1.54) is 0 Å². The third-order valence-corrected chi connectivity index (χ3v) is 3.84. The van der Waals surface area contributed by atoms with Crippen molar-refractivity contribution in [2.45, 2.75) is 13.0 Å². The molecule has 0 aliphatic heterocycles. The molecule has 0 aliphatic carbocycles. The lowest BCUT2D eigenvalue weighted by Crippen LogP contribution is -2.35. The van der Waals surface area contributed by atoms with Crippen LogP contribution in [0.5, 0.6) is 0 Å². The van der Waals surface area contributed by atoms with E-state index in [1.54, 1.807) is 42.5 Å². The second kappa shape index (κ2) is 8.50. The van der Waals surface area contributed by atoms with E-state index < -0.39 is 17.7 Å². The molecular weight excluding hydrogens is 365 g/mol. The van der Waals surface area contributed by atoms with Crippen molar-refractivity contribution in [3.63, 3.8) is 0 Å². The number of nitrogens with two attached hydrogens (primary N) is 1. The largest absolute Gasteiger partial charge is 0.369 e. The summed E-state index contributed by atoms with van der Waals surface area (Å²) in [5, 5.41) is 5.82. The van der Waals surface area contributed by atoms with Gasteiger partial charge in [-0.1, -0.05) is 41.4 Å². The number of rotatable bonds is 5. The zero-order valence-corrected chi connectivity index (χ0v) is 14.5. The van der Waals surface area contributed by atoms with Gasteiger partial charge in [-0.3, -0.25) is 14.4 Å². The minimum Gasteiger partial charge on any atom is -0.369 e. The third kappa shape index (κ3) is 5.77. The van der Waals surface area contributed by atoms with Crippen molar-refractivity contribution >= 4 is 46.6 Å². The van der Waals surface area contributed by atoms with Gasteiger partial charge in [0.15, 0.2) is 0 Å². The molecule has 2 aromatic carbocycles. The highest BCUT2D eigenvalue weighted by Crippen LogP contribution is 2.20. The quantitative estimate of drug-likeness (QED) is 0.694. The summed E-state index contributed by atoms with van der Waals surface area (Å²) in [7, 11) is 0. The molecule has 0 atom stereocenters. The number of amides is 3. The van der Waals surface area contributed by atoms with Crippen molar-refractivity contribution in [2.24, 2.45) is 5.73 Å². The number of hydrogen-bond donors (Lipinski definition) is 3. The van der Waals surface area contributed by atoms with E-state index in [1.807, 2.05) is 0 Å². The van der Waals surface area contributed by atoms with E-state index in [9.17, 15) is 14.4 Å². The highest BCUT2D eigenvalue weighted by molar-refractivity contribution is 6.39. The topological polar surface area (TPSA) is 101 Å². The first-order valence-corrected chi connectivity index (χ1v) is 8.01. The summed E-state index contributed by atoms with van der Waals surface area (Å²) < 4.78 is 0. The Morgan fingerprint density at radius 1 is 0.960 bits per heavy atom. The van der Waals surface area contributed by atoms with E-state index in [2.05, 4.69) is 10.6 Å². The molecule has 0 heterocycles. The average molecular weight is 380 g/mol. The fraction of sp³-hybridized carbons (Fsp3) is 0.118. The lowest BCUT2D eigenvalue weighted by Gasteiger charge is -2.08. The molecule has 3 amide bonds. The second-order valence-electron chi connectivity index (χ2n) is 5.21. The van der Waals surface area contributed by atoms with Crippen LogP contribution in [0.4, 0.5) is 5.69 Å². The third-order valence-electron chi connectivity index (χ3n) is 3.25. The predicted octanol–water partition coefficient (Wildman–Crippen LogP) is 2.28. The summed E-state index contributed by atoms with van der Waals surface area (Å²) >= 11 is 11.8. The number of carbonyl (C=O) groups is 3. The SMILES string of the molecule is NC(=O)Cc1ccc(NC(=O)C(=O)NCc2ccc(Cl)cc2Cl)cc1. The van der Waals surface area contributed by atoms with E-state index in [4.69, 9.17) is 28.9 Å². The van der Waals surface area contributed by atoms with Crippen LogP contribution >= 0.6 is 23.2 Å². The van der Waals surface area contributed by atoms with Crippen LogP contribution in [0.1, 0.15) is 11.1 Å². The Labute approximate surface area is 154 Å². The van der Waals surface area contributed by atoms with E-state index in [0.717, 1.165) is 0 Å². The molecule has 0 spiro atoms. The fourth-order valence-corrected chi connectivity index (χ4v) is 2.49. The molecule has 4 N–H and O–H groups in total. The summed E-state index contributed by atoms with van der Waals surface area (Å²) in [6.45, 7) is 0.0970. The maximum atomic E-state index is 11.9. The second-order valence-corrected chi connectivity index (χ2v) is 6.06. The van der Waals surface area contributed by atoms with E-state index in [0.29, 0.717) is 26.9 Å². The summed E-state index contributed by atoms with van der Waals surface area (Å²) in [5.74, 6) is -2.06. The zero-order chi connectivity index (χ0) is 18.4. The monoisotopic (exact) mass is 379 g/mol. The van der Waals surface area contributed by atoms with Crippen LogP contribution in [0.15, 0.2) is 42.5 Å². The lowest BCUT2D eigenvalue weighted by molar-refractivity contribution is -0.136. The van der Waals surface area contributed by atoms with Gasteiger partial charge in [0.25, 0.3) is 0 Å². The maximum Gasteiger partial charge on any atom is 0.313 e. The van der Waals surface area contributed by atoms with Gasteiger partial charge in [-0.2, -0.15) is 0 Å². The van der Waals surface area contributed by atoms with Crippen molar-refractivity contribution in [2.75, 3.05) is 5.32 Å². The summed E-state index contributed by atoms with van der Waals surface area (Å²) in [4.78, 5) is 34.6. The van der Waals surface area contributed by atoms with Crippen molar-refractivity contribution in [3.05, 3.63) is 63.6 Å². The van der Waals surface area contributed by atoms with Gasteiger partial charge in [0, 0.05) is 22.3 Å². The Hall–Kier alpha value is -2.57. The van der Waals surface area contributed by atoms with Gasteiger partial charge in [0.05, 0.1) is 6.42 Å². The highest BCUT2D eigenvalue weighted by Gasteiger charge is 2.14. The standard InChI is InChI=1S/C17H15Cl2N3O3/c18-12-4-3-11(14(19)8-12)9-21-16(24)17(25)22-13-5-1-10(2-6-13)7-15(20)23/h1-6,8H,7,9H2,(H2,20,23)(H,21,24)(H,22,25).